The van der Waals surface area contributed by atoms with Crippen LogP contribution in [0.15, 0.2) is 18.5 Å². The molecular formula is C17H27N5O. The van der Waals surface area contributed by atoms with E-state index in [0.717, 1.165) is 51.1 Å². The molecular weight excluding hydrogens is 290 g/mol. The molecule has 2 rings (SSSR count). The van der Waals surface area contributed by atoms with Crippen LogP contribution in [0.5, 0.6) is 0 Å². The number of carbonyl (C=O) groups is 1. The molecule has 0 aliphatic carbocycles. The molecule has 23 heavy (non-hydrogen) atoms. The maximum absolute atomic E-state index is 12.3. The Bertz CT molecular complexity index is 526. The lowest BCUT2D eigenvalue weighted by atomic mass is 10.3. The summed E-state index contributed by atoms with van der Waals surface area (Å²) in [5, 5.41) is 0. The minimum absolute atomic E-state index is 0.0695. The fraction of sp³-hybridized carbons (Fsp3) is 0.588. The van der Waals surface area contributed by atoms with Gasteiger partial charge in [0.15, 0.2) is 0 Å². The normalized spacial score (nSPS) is 16.6. The van der Waals surface area contributed by atoms with E-state index in [1.807, 2.05) is 23.9 Å². The minimum atomic E-state index is 0.0695. The van der Waals surface area contributed by atoms with Crippen molar-refractivity contribution in [3.8, 4) is 0 Å². The topological polar surface area (TPSA) is 52.6 Å². The van der Waals surface area contributed by atoms with Crippen LogP contribution in [-0.2, 0) is 4.79 Å². The van der Waals surface area contributed by atoms with E-state index in [4.69, 9.17) is 0 Å². The molecule has 0 N–H and O–H groups in total. The van der Waals surface area contributed by atoms with E-state index in [9.17, 15) is 4.79 Å². The van der Waals surface area contributed by atoms with Crippen LogP contribution >= 0.6 is 0 Å². The summed E-state index contributed by atoms with van der Waals surface area (Å²) >= 11 is 0. The van der Waals surface area contributed by atoms with Gasteiger partial charge in [-0.05, 0) is 32.0 Å². The number of anilines is 1. The average Bonchev–Trinajstić information content (AvgIpc) is 2.79. The first-order valence-electron chi connectivity index (χ1n) is 8.29. The van der Waals surface area contributed by atoms with Gasteiger partial charge in [0.25, 0.3) is 0 Å². The van der Waals surface area contributed by atoms with Crippen LogP contribution in [0.25, 0.3) is 6.08 Å². The van der Waals surface area contributed by atoms with Crippen molar-refractivity contribution in [3.05, 3.63) is 24.0 Å². The van der Waals surface area contributed by atoms with E-state index in [0.29, 0.717) is 5.95 Å². The third-order valence-corrected chi connectivity index (χ3v) is 3.92. The zero-order chi connectivity index (χ0) is 16.7. The van der Waals surface area contributed by atoms with Gasteiger partial charge in [0, 0.05) is 57.8 Å². The van der Waals surface area contributed by atoms with Crippen molar-refractivity contribution >= 4 is 17.9 Å². The maximum Gasteiger partial charge on any atom is 0.246 e. The molecule has 0 unspecified atom stereocenters. The molecule has 126 valence electrons. The van der Waals surface area contributed by atoms with E-state index >= 15 is 0 Å². The fourth-order valence-corrected chi connectivity index (χ4v) is 2.65. The average molecular weight is 317 g/mol. The maximum atomic E-state index is 12.3. The lowest BCUT2D eigenvalue weighted by molar-refractivity contribution is -0.125. The smallest absolute Gasteiger partial charge is 0.246 e. The summed E-state index contributed by atoms with van der Waals surface area (Å²) in [4.78, 5) is 27.0. The largest absolute Gasteiger partial charge is 0.347 e. The van der Waals surface area contributed by atoms with Crippen molar-refractivity contribution < 1.29 is 4.79 Å². The van der Waals surface area contributed by atoms with E-state index < -0.39 is 0 Å². The van der Waals surface area contributed by atoms with Gasteiger partial charge >= 0.3 is 0 Å². The second-order valence-corrected chi connectivity index (χ2v) is 6.06. The zero-order valence-electron chi connectivity index (χ0n) is 14.4. The first-order chi connectivity index (χ1) is 11.1. The van der Waals surface area contributed by atoms with Crippen LogP contribution in [0.2, 0.25) is 0 Å². The molecule has 0 radical (unpaired) electrons. The van der Waals surface area contributed by atoms with Crippen molar-refractivity contribution in [2.75, 3.05) is 51.7 Å². The van der Waals surface area contributed by atoms with Gasteiger partial charge in [0.1, 0.15) is 0 Å². The summed E-state index contributed by atoms with van der Waals surface area (Å²) < 4.78 is 0. The predicted octanol–water partition coefficient (Wildman–Crippen LogP) is 1.50. The van der Waals surface area contributed by atoms with Gasteiger partial charge in [-0.2, -0.15) is 0 Å². The number of aromatic nitrogens is 2. The lowest BCUT2D eigenvalue weighted by Crippen LogP contribution is -2.34. The second kappa shape index (κ2) is 8.62. The molecule has 1 saturated heterocycles. The predicted molar refractivity (Wildman–Crippen MR) is 93.3 cm³/mol. The quantitative estimate of drug-likeness (QED) is 0.770. The third-order valence-electron chi connectivity index (χ3n) is 3.92. The first kappa shape index (κ1) is 17.4. The van der Waals surface area contributed by atoms with Crippen molar-refractivity contribution in [2.24, 2.45) is 0 Å². The van der Waals surface area contributed by atoms with E-state index in [1.54, 1.807) is 24.5 Å². The summed E-state index contributed by atoms with van der Waals surface area (Å²) in [6.07, 6.45) is 9.09. The molecule has 1 fully saturated rings. The highest BCUT2D eigenvalue weighted by Crippen LogP contribution is 2.07. The molecule has 1 aromatic rings. The minimum Gasteiger partial charge on any atom is -0.347 e. The highest BCUT2D eigenvalue weighted by atomic mass is 16.2. The van der Waals surface area contributed by atoms with Crippen LogP contribution in [0, 0.1) is 0 Å². The van der Waals surface area contributed by atoms with E-state index in [2.05, 4.69) is 21.8 Å². The van der Waals surface area contributed by atoms with Crippen LogP contribution in [0.3, 0.4) is 0 Å². The van der Waals surface area contributed by atoms with Gasteiger partial charge in [-0.25, -0.2) is 9.97 Å². The first-order valence-corrected chi connectivity index (χ1v) is 8.29. The number of nitrogens with zero attached hydrogens (tertiary/aromatic N) is 5. The Morgan fingerprint density at radius 1 is 1.22 bits per heavy atom. The summed E-state index contributed by atoms with van der Waals surface area (Å²) in [6.45, 7) is 7.00. The van der Waals surface area contributed by atoms with Crippen LogP contribution in [0.4, 0.5) is 5.95 Å². The Morgan fingerprint density at radius 2 is 1.96 bits per heavy atom. The van der Waals surface area contributed by atoms with Gasteiger partial charge in [-0.15, -0.1) is 0 Å². The van der Waals surface area contributed by atoms with Gasteiger partial charge < -0.3 is 14.7 Å². The van der Waals surface area contributed by atoms with Gasteiger partial charge in [-0.1, -0.05) is 6.92 Å². The molecule has 2 heterocycles. The molecule has 0 atom stereocenters. The molecule has 1 aliphatic rings. The van der Waals surface area contributed by atoms with Crippen molar-refractivity contribution in [1.82, 2.24) is 19.8 Å². The number of hydrogen-bond donors (Lipinski definition) is 0. The number of carbonyl (C=O) groups excluding carboxylic acids is 1. The molecule has 1 aromatic heterocycles. The Hall–Kier alpha value is -1.95. The van der Waals surface area contributed by atoms with Crippen molar-refractivity contribution in [2.45, 2.75) is 19.8 Å². The Kier molecular flexibility index (Phi) is 6.52. The highest BCUT2D eigenvalue weighted by Gasteiger charge is 2.16. The lowest BCUT2D eigenvalue weighted by Gasteiger charge is -2.20. The van der Waals surface area contributed by atoms with Crippen LogP contribution < -0.4 is 4.90 Å². The monoisotopic (exact) mass is 317 g/mol. The molecule has 0 saturated carbocycles. The van der Waals surface area contributed by atoms with E-state index in [1.165, 1.54) is 0 Å². The molecule has 0 aromatic carbocycles. The summed E-state index contributed by atoms with van der Waals surface area (Å²) in [5.74, 6) is 0.733. The van der Waals surface area contributed by atoms with Crippen LogP contribution in [0.1, 0.15) is 25.3 Å². The second-order valence-electron chi connectivity index (χ2n) is 6.06. The van der Waals surface area contributed by atoms with E-state index in [-0.39, 0.29) is 5.91 Å². The van der Waals surface area contributed by atoms with Gasteiger partial charge in [-0.3, -0.25) is 4.79 Å². The van der Waals surface area contributed by atoms with Gasteiger partial charge in [0.05, 0.1) is 0 Å². The number of rotatable bonds is 5. The Balaban J connectivity index is 1.90. The Morgan fingerprint density at radius 3 is 2.61 bits per heavy atom. The van der Waals surface area contributed by atoms with Gasteiger partial charge in [0.2, 0.25) is 11.9 Å². The van der Waals surface area contributed by atoms with Crippen molar-refractivity contribution in [1.29, 1.82) is 0 Å². The summed E-state index contributed by atoms with van der Waals surface area (Å²) in [5.41, 5.74) is 0.839. The standard InChI is InChI=1S/C17H27N5O/c1-4-8-21-9-5-10-22(12-11-21)16(23)7-6-15-13-18-17(19-14-15)20(2)3/h6-7,13-14H,4-5,8-12H2,1-3H3. The third kappa shape index (κ3) is 5.32. The summed E-state index contributed by atoms with van der Waals surface area (Å²) in [6, 6.07) is 0. The SMILES string of the molecule is CCCN1CCCN(C(=O)C=Cc2cnc(N(C)C)nc2)CC1. The molecule has 1 amide bonds. The molecule has 1 aliphatic heterocycles. The molecule has 6 nitrogen and oxygen atoms in total. The highest BCUT2D eigenvalue weighted by molar-refractivity contribution is 5.91. The fourth-order valence-electron chi connectivity index (χ4n) is 2.65. The molecule has 6 heteroatoms. The van der Waals surface area contributed by atoms with Crippen molar-refractivity contribution in [3.63, 3.8) is 0 Å². The zero-order valence-corrected chi connectivity index (χ0v) is 14.4. The number of hydrogen-bond acceptors (Lipinski definition) is 5. The van der Waals surface area contributed by atoms with Crippen LogP contribution in [-0.4, -0.2) is 72.5 Å². The number of amides is 1. The molecule has 0 spiro atoms. The summed E-state index contributed by atoms with van der Waals surface area (Å²) in [7, 11) is 3.80. The molecule has 0 bridgehead atoms. The Labute approximate surface area is 138 Å².